The molecule has 38 heavy (non-hydrogen) atoms. The monoisotopic (exact) mass is 527 g/mol. The number of carbonyl (C=O) groups is 1. The topological polar surface area (TPSA) is 114 Å². The van der Waals surface area contributed by atoms with Crippen molar-refractivity contribution in [2.75, 3.05) is 10.2 Å². The average molecular weight is 528 g/mol. The van der Waals surface area contributed by atoms with E-state index in [2.05, 4.69) is 15.6 Å². The number of aryl methyl sites for hydroxylation is 1. The summed E-state index contributed by atoms with van der Waals surface area (Å²) in [6.45, 7) is 3.74. The lowest BCUT2D eigenvalue weighted by Crippen LogP contribution is -2.29. The Balaban J connectivity index is 1.56. The molecule has 1 saturated heterocycles. The third-order valence-corrected chi connectivity index (χ3v) is 6.76. The van der Waals surface area contributed by atoms with Gasteiger partial charge < -0.3 is 20.0 Å². The van der Waals surface area contributed by atoms with Gasteiger partial charge in [0, 0.05) is 41.7 Å². The number of rotatable bonds is 7. The van der Waals surface area contributed by atoms with Crippen molar-refractivity contribution in [3.05, 3.63) is 106 Å². The van der Waals surface area contributed by atoms with Crippen molar-refractivity contribution >= 4 is 40.3 Å². The molecule has 192 valence electrons. The molecule has 3 heterocycles. The predicted molar refractivity (Wildman–Crippen MR) is 149 cm³/mol. The van der Waals surface area contributed by atoms with Gasteiger partial charge >= 0.3 is 0 Å². The molecule has 0 saturated carbocycles. The quantitative estimate of drug-likeness (QED) is 0.169. The van der Waals surface area contributed by atoms with Crippen LogP contribution in [0.5, 0.6) is 0 Å². The Bertz CT molecular complexity index is 1520. The van der Waals surface area contributed by atoms with Crippen molar-refractivity contribution in [2.24, 2.45) is 0 Å². The highest BCUT2D eigenvalue weighted by molar-refractivity contribution is 7.80. The zero-order valence-corrected chi connectivity index (χ0v) is 21.6. The standard InChI is InChI=1S/C28H25N5O4S/c1-3-25(34)30-21-11-10-19(15-17(21)2)32-27(26(31-28(32)38)22-9-4-5-14-29-22)24-13-12-23(37-24)18-7-6-8-20(16-18)33(35)36/h4-16,26-27H,3H2,1-2H3,(H,30,34)(H,31,38)/t26-,27+/m0/s1. The maximum atomic E-state index is 11.9. The minimum absolute atomic E-state index is 0.0112. The van der Waals surface area contributed by atoms with E-state index in [1.807, 2.05) is 54.3 Å². The molecule has 0 radical (unpaired) electrons. The van der Waals surface area contributed by atoms with Gasteiger partial charge in [0.15, 0.2) is 5.11 Å². The van der Waals surface area contributed by atoms with E-state index in [1.165, 1.54) is 12.1 Å². The number of non-ortho nitro benzene ring substituents is 1. The zero-order valence-electron chi connectivity index (χ0n) is 20.8. The molecule has 4 aromatic rings. The number of benzene rings is 2. The van der Waals surface area contributed by atoms with Crippen LogP contribution in [0.3, 0.4) is 0 Å². The van der Waals surface area contributed by atoms with Crippen LogP contribution in [0, 0.1) is 17.0 Å². The summed E-state index contributed by atoms with van der Waals surface area (Å²) in [5, 5.41) is 18.1. The summed E-state index contributed by atoms with van der Waals surface area (Å²) in [4.78, 5) is 29.3. The highest BCUT2D eigenvalue weighted by atomic mass is 32.1. The number of pyridine rings is 1. The molecule has 0 bridgehead atoms. The van der Waals surface area contributed by atoms with Crippen molar-refractivity contribution in [2.45, 2.75) is 32.4 Å². The smallest absolute Gasteiger partial charge is 0.270 e. The number of nitrogens with zero attached hydrogens (tertiary/aromatic N) is 3. The molecule has 5 rings (SSSR count). The highest BCUT2D eigenvalue weighted by Crippen LogP contribution is 2.43. The molecular weight excluding hydrogens is 502 g/mol. The Hall–Kier alpha value is -4.57. The predicted octanol–water partition coefficient (Wildman–Crippen LogP) is 6.08. The van der Waals surface area contributed by atoms with Crippen LogP contribution in [0.25, 0.3) is 11.3 Å². The summed E-state index contributed by atoms with van der Waals surface area (Å²) in [7, 11) is 0. The van der Waals surface area contributed by atoms with Gasteiger partial charge in [0.05, 0.1) is 16.7 Å². The third-order valence-electron chi connectivity index (χ3n) is 6.44. The minimum Gasteiger partial charge on any atom is -0.459 e. The van der Waals surface area contributed by atoms with Gasteiger partial charge in [-0.3, -0.25) is 19.9 Å². The van der Waals surface area contributed by atoms with Crippen LogP contribution < -0.4 is 15.5 Å². The maximum absolute atomic E-state index is 11.9. The largest absolute Gasteiger partial charge is 0.459 e. The minimum atomic E-state index is -0.430. The second-order valence-corrected chi connectivity index (χ2v) is 9.29. The summed E-state index contributed by atoms with van der Waals surface area (Å²) in [6.07, 6.45) is 2.12. The molecule has 2 aromatic carbocycles. The molecule has 1 aliphatic heterocycles. The molecule has 1 aliphatic rings. The maximum Gasteiger partial charge on any atom is 0.270 e. The fraction of sp³-hybridized carbons (Fsp3) is 0.179. The molecule has 2 atom stereocenters. The Morgan fingerprint density at radius 3 is 2.71 bits per heavy atom. The van der Waals surface area contributed by atoms with E-state index in [-0.39, 0.29) is 23.7 Å². The van der Waals surface area contributed by atoms with Crippen LogP contribution in [0.2, 0.25) is 0 Å². The Kier molecular flexibility index (Phi) is 6.89. The van der Waals surface area contributed by atoms with Crippen LogP contribution in [0.4, 0.5) is 17.1 Å². The Labute approximate surface area is 224 Å². The van der Waals surface area contributed by atoms with Crippen LogP contribution in [-0.4, -0.2) is 20.9 Å². The lowest BCUT2D eigenvalue weighted by Gasteiger charge is -2.26. The zero-order chi connectivity index (χ0) is 26.8. The molecule has 0 aliphatic carbocycles. The highest BCUT2D eigenvalue weighted by Gasteiger charge is 2.42. The van der Waals surface area contributed by atoms with Crippen molar-refractivity contribution in [3.8, 4) is 11.3 Å². The fourth-order valence-corrected chi connectivity index (χ4v) is 4.88. The first kappa shape index (κ1) is 25.1. The number of hydrogen-bond acceptors (Lipinski definition) is 6. The van der Waals surface area contributed by atoms with E-state index in [4.69, 9.17) is 16.6 Å². The summed E-state index contributed by atoms with van der Waals surface area (Å²) < 4.78 is 6.31. The van der Waals surface area contributed by atoms with E-state index < -0.39 is 4.92 Å². The first-order valence-corrected chi connectivity index (χ1v) is 12.5. The molecular formula is C28H25N5O4S. The van der Waals surface area contributed by atoms with Crippen molar-refractivity contribution in [1.29, 1.82) is 0 Å². The lowest BCUT2D eigenvalue weighted by molar-refractivity contribution is -0.384. The van der Waals surface area contributed by atoms with Crippen LogP contribution in [0.1, 0.15) is 42.4 Å². The van der Waals surface area contributed by atoms with Gasteiger partial charge in [-0.15, -0.1) is 0 Å². The number of anilines is 2. The van der Waals surface area contributed by atoms with Gasteiger partial charge in [-0.1, -0.05) is 25.1 Å². The second-order valence-electron chi connectivity index (χ2n) is 8.91. The number of nitro groups is 1. The lowest BCUT2D eigenvalue weighted by atomic mass is 10.0. The molecule has 2 N–H and O–H groups in total. The number of nitrogens with one attached hydrogen (secondary N) is 2. The number of carbonyl (C=O) groups excluding carboxylic acids is 1. The normalized spacial score (nSPS) is 16.8. The third kappa shape index (κ3) is 4.85. The van der Waals surface area contributed by atoms with Crippen LogP contribution >= 0.6 is 12.2 Å². The van der Waals surface area contributed by atoms with Gasteiger partial charge in [-0.25, -0.2) is 0 Å². The van der Waals surface area contributed by atoms with E-state index in [0.717, 1.165) is 22.6 Å². The summed E-state index contributed by atoms with van der Waals surface area (Å²) >= 11 is 5.79. The first-order valence-electron chi connectivity index (χ1n) is 12.1. The Morgan fingerprint density at radius 2 is 2.00 bits per heavy atom. The van der Waals surface area contributed by atoms with E-state index >= 15 is 0 Å². The molecule has 2 aromatic heterocycles. The van der Waals surface area contributed by atoms with Crippen molar-refractivity contribution in [3.63, 3.8) is 0 Å². The van der Waals surface area contributed by atoms with Gasteiger partial charge in [-0.05, 0) is 67.2 Å². The first-order chi connectivity index (χ1) is 18.4. The molecule has 10 heteroatoms. The van der Waals surface area contributed by atoms with Crippen molar-refractivity contribution < 1.29 is 14.1 Å². The van der Waals surface area contributed by atoms with Crippen LogP contribution in [0.15, 0.2) is 83.4 Å². The summed E-state index contributed by atoms with van der Waals surface area (Å²) in [6, 6.07) is 20.7. The van der Waals surface area contributed by atoms with Gasteiger partial charge in [0.2, 0.25) is 5.91 Å². The molecule has 0 unspecified atom stereocenters. The van der Waals surface area contributed by atoms with E-state index in [9.17, 15) is 14.9 Å². The van der Waals surface area contributed by atoms with Gasteiger partial charge in [0.1, 0.15) is 17.6 Å². The van der Waals surface area contributed by atoms with Gasteiger partial charge in [0.25, 0.3) is 5.69 Å². The number of hydrogen-bond donors (Lipinski definition) is 2. The average Bonchev–Trinajstić information content (AvgIpc) is 3.55. The number of amides is 1. The van der Waals surface area contributed by atoms with Crippen molar-refractivity contribution in [1.82, 2.24) is 10.3 Å². The summed E-state index contributed by atoms with van der Waals surface area (Å²) in [5.41, 5.74) is 3.84. The van der Waals surface area contributed by atoms with E-state index in [0.29, 0.717) is 28.6 Å². The van der Waals surface area contributed by atoms with Gasteiger partial charge in [-0.2, -0.15) is 0 Å². The molecule has 9 nitrogen and oxygen atoms in total. The summed E-state index contributed by atoms with van der Waals surface area (Å²) in [5.74, 6) is 1.07. The second kappa shape index (κ2) is 10.4. The Morgan fingerprint density at radius 1 is 1.16 bits per heavy atom. The molecule has 1 amide bonds. The number of aromatic nitrogens is 1. The number of thiocarbonyl (C=S) groups is 1. The molecule has 0 spiro atoms. The molecule has 1 fully saturated rings. The van der Waals surface area contributed by atoms with E-state index in [1.54, 1.807) is 31.3 Å². The fourth-order valence-electron chi connectivity index (χ4n) is 4.54. The SMILES string of the molecule is CCC(=O)Nc1ccc(N2C(=S)N[C@@H](c3ccccn3)[C@H]2c2ccc(-c3cccc([N+](=O)[O-])c3)o2)cc1C. The number of nitro benzene ring substituents is 1. The number of furan rings is 1. The van der Waals surface area contributed by atoms with Crippen LogP contribution in [-0.2, 0) is 4.79 Å².